The van der Waals surface area contributed by atoms with Crippen molar-refractivity contribution in [3.8, 4) is 0 Å². The van der Waals surface area contributed by atoms with Gasteiger partial charge in [-0.3, -0.25) is 19.7 Å². The zero-order valence-electron chi connectivity index (χ0n) is 14.1. The fourth-order valence-electron chi connectivity index (χ4n) is 3.31. The maximum Gasteiger partial charge on any atom is 0.274 e. The molecule has 1 amide bonds. The number of halogens is 1. The van der Waals surface area contributed by atoms with Crippen LogP contribution < -0.4 is 11.1 Å². The first-order valence-corrected chi connectivity index (χ1v) is 10.2. The molecule has 1 unspecified atom stereocenters. The van der Waals surface area contributed by atoms with Gasteiger partial charge in [0.05, 0.1) is 11.8 Å². The number of benzene rings is 1. The van der Waals surface area contributed by atoms with Crippen LogP contribution in [0.1, 0.15) is 41.4 Å². The monoisotopic (exact) mass is 398 g/mol. The average Bonchev–Trinajstić information content (AvgIpc) is 2.87. The lowest BCUT2D eigenvalue weighted by atomic mass is 10.00. The molecule has 1 atom stereocenters. The third-order valence-electron chi connectivity index (χ3n) is 4.25. The maximum atomic E-state index is 12.4. The van der Waals surface area contributed by atoms with E-state index >= 15 is 0 Å². The molecule has 0 radical (unpaired) electrons. The van der Waals surface area contributed by atoms with Crippen LogP contribution in [0.4, 0.5) is 0 Å². The fourth-order valence-corrected chi connectivity index (χ4v) is 4.14. The molecular weight excluding hydrogens is 380 g/mol. The molecule has 0 bridgehead atoms. The summed E-state index contributed by atoms with van der Waals surface area (Å²) in [5, 5.41) is 10.6. The van der Waals surface area contributed by atoms with Crippen LogP contribution in [0.3, 0.4) is 0 Å². The van der Waals surface area contributed by atoms with Gasteiger partial charge in [0, 0.05) is 22.5 Å². The minimum Gasteiger partial charge on any atom is -0.370 e. The largest absolute Gasteiger partial charge is 0.370 e. The molecule has 0 spiro atoms. The fraction of sp³-hybridized carbons (Fsp3) is 0.375. The van der Waals surface area contributed by atoms with E-state index in [0.717, 1.165) is 19.1 Å². The number of carbonyl (C=O) groups is 1. The minimum absolute atomic E-state index is 0.310. The third-order valence-corrected chi connectivity index (χ3v) is 5.17. The molecule has 3 rings (SSSR count). The van der Waals surface area contributed by atoms with Crippen molar-refractivity contribution in [2.24, 2.45) is 5.73 Å². The number of nitrogens with zero attached hydrogens (tertiary/aromatic N) is 1. The van der Waals surface area contributed by atoms with Gasteiger partial charge in [-0.15, -0.1) is 0 Å². The highest BCUT2D eigenvalue weighted by atomic mass is 35.5. The number of nitrogens with two attached hydrogens (primary N) is 1. The van der Waals surface area contributed by atoms with Crippen molar-refractivity contribution in [2.45, 2.75) is 31.9 Å². The third kappa shape index (κ3) is 3.69. The lowest BCUT2D eigenvalue weighted by molar-refractivity contribution is 0.0967. The van der Waals surface area contributed by atoms with Crippen molar-refractivity contribution in [1.29, 1.82) is 5.41 Å². The molecule has 1 aromatic carbocycles. The number of hydrogen-bond donors (Lipinski definition) is 3. The number of rotatable bonds is 3. The van der Waals surface area contributed by atoms with Crippen molar-refractivity contribution < 1.29 is 17.4 Å². The Balaban J connectivity index is 2.23. The normalized spacial score (nSPS) is 17.5. The average molecular weight is 399 g/mol. The molecule has 0 saturated heterocycles. The van der Waals surface area contributed by atoms with Gasteiger partial charge in [-0.05, 0) is 31.4 Å². The smallest absolute Gasteiger partial charge is 0.274 e. The molecule has 2 aromatic rings. The summed E-state index contributed by atoms with van der Waals surface area (Å²) in [7, 11) is -3.65. The van der Waals surface area contributed by atoms with E-state index in [9.17, 15) is 13.2 Å². The van der Waals surface area contributed by atoms with Crippen LogP contribution in [-0.4, -0.2) is 31.1 Å². The molecular formula is C16H19ClN4O4S. The van der Waals surface area contributed by atoms with Gasteiger partial charge >= 0.3 is 0 Å². The summed E-state index contributed by atoms with van der Waals surface area (Å²) < 4.78 is 30.4. The second-order valence-electron chi connectivity index (χ2n) is 6.23. The Labute approximate surface area is 155 Å². The van der Waals surface area contributed by atoms with Crippen LogP contribution in [0.2, 0.25) is 5.02 Å². The molecule has 140 valence electrons. The highest BCUT2D eigenvalue weighted by Crippen LogP contribution is 2.38. The van der Waals surface area contributed by atoms with Gasteiger partial charge in [0.15, 0.2) is 5.96 Å². The standard InChI is InChI=1S/C16H19ClN4O4S/c1-26(23,24)25-13-4-2-3-7-21-12(15(22)20-16(18)19)8-10-11(17)6-5-9(13)14(10)21/h5-6,8,13H,2-4,7H2,1H3,(H4,18,19,20,22). The Morgan fingerprint density at radius 2 is 2.15 bits per heavy atom. The van der Waals surface area contributed by atoms with Gasteiger partial charge < -0.3 is 10.3 Å². The van der Waals surface area contributed by atoms with Crippen LogP contribution in [0.15, 0.2) is 18.2 Å². The van der Waals surface area contributed by atoms with E-state index in [2.05, 4.69) is 5.32 Å². The van der Waals surface area contributed by atoms with Gasteiger partial charge in [-0.2, -0.15) is 8.42 Å². The van der Waals surface area contributed by atoms with Crippen LogP contribution in [-0.2, 0) is 20.8 Å². The summed E-state index contributed by atoms with van der Waals surface area (Å²) in [6.07, 6.45) is 2.38. The second kappa shape index (κ2) is 6.90. The first-order valence-electron chi connectivity index (χ1n) is 8.02. The highest BCUT2D eigenvalue weighted by molar-refractivity contribution is 7.86. The first kappa shape index (κ1) is 18.7. The summed E-state index contributed by atoms with van der Waals surface area (Å²) in [5.41, 5.74) is 6.91. The molecule has 0 saturated carbocycles. The van der Waals surface area contributed by atoms with E-state index in [0.29, 0.717) is 40.1 Å². The molecule has 8 nitrogen and oxygen atoms in total. The topological polar surface area (TPSA) is 127 Å². The summed E-state index contributed by atoms with van der Waals surface area (Å²) in [5.74, 6) is -0.972. The van der Waals surface area contributed by atoms with Crippen molar-refractivity contribution in [1.82, 2.24) is 9.88 Å². The molecule has 1 aliphatic rings. The summed E-state index contributed by atoms with van der Waals surface area (Å²) >= 11 is 6.31. The lowest BCUT2D eigenvalue weighted by Gasteiger charge is -2.23. The summed E-state index contributed by atoms with van der Waals surface area (Å²) in [4.78, 5) is 12.4. The SMILES string of the molecule is CS(=O)(=O)OC1CCCCn2c(C(=O)NC(=N)N)cc3c(Cl)ccc1c32. The number of aromatic nitrogens is 1. The van der Waals surface area contributed by atoms with Crippen LogP contribution in [0, 0.1) is 5.41 Å². The molecule has 26 heavy (non-hydrogen) atoms. The number of amides is 1. The zero-order valence-corrected chi connectivity index (χ0v) is 15.7. The van der Waals surface area contributed by atoms with E-state index in [4.69, 9.17) is 26.9 Å². The molecule has 2 heterocycles. The number of carbonyl (C=O) groups excluding carboxylic acids is 1. The number of guanidine groups is 1. The molecule has 1 aromatic heterocycles. The van der Waals surface area contributed by atoms with E-state index in [1.165, 1.54) is 0 Å². The Morgan fingerprint density at radius 1 is 1.42 bits per heavy atom. The Morgan fingerprint density at radius 3 is 2.81 bits per heavy atom. The molecule has 4 N–H and O–H groups in total. The quantitative estimate of drug-likeness (QED) is 0.414. The second-order valence-corrected chi connectivity index (χ2v) is 8.24. The molecule has 1 aliphatic heterocycles. The number of nitrogens with one attached hydrogen (secondary N) is 2. The first-order chi connectivity index (χ1) is 12.2. The number of hydrogen-bond acceptors (Lipinski definition) is 5. The Bertz CT molecular complexity index is 999. The summed E-state index contributed by atoms with van der Waals surface area (Å²) in [6, 6.07) is 5.02. The van der Waals surface area contributed by atoms with Gasteiger partial charge in [-0.25, -0.2) is 0 Å². The van der Waals surface area contributed by atoms with Crippen LogP contribution in [0.25, 0.3) is 10.9 Å². The lowest BCUT2D eigenvalue weighted by Crippen LogP contribution is -2.36. The Kier molecular flexibility index (Phi) is 4.96. The zero-order chi connectivity index (χ0) is 19.1. The van der Waals surface area contributed by atoms with Gasteiger partial charge in [0.25, 0.3) is 16.0 Å². The van der Waals surface area contributed by atoms with Gasteiger partial charge in [-0.1, -0.05) is 17.7 Å². The van der Waals surface area contributed by atoms with Crippen molar-refractivity contribution in [3.05, 3.63) is 34.5 Å². The predicted molar refractivity (Wildman–Crippen MR) is 98.8 cm³/mol. The van der Waals surface area contributed by atoms with E-state index in [1.807, 2.05) is 0 Å². The predicted octanol–water partition coefficient (Wildman–Crippen LogP) is 2.12. The van der Waals surface area contributed by atoms with Gasteiger partial charge in [0.2, 0.25) is 0 Å². The molecule has 10 heteroatoms. The van der Waals surface area contributed by atoms with Crippen molar-refractivity contribution >= 4 is 44.5 Å². The van der Waals surface area contributed by atoms with Crippen LogP contribution in [0.5, 0.6) is 0 Å². The maximum absolute atomic E-state index is 12.4. The van der Waals surface area contributed by atoms with Crippen molar-refractivity contribution in [3.63, 3.8) is 0 Å². The molecule has 0 fully saturated rings. The van der Waals surface area contributed by atoms with Crippen molar-refractivity contribution in [2.75, 3.05) is 6.26 Å². The van der Waals surface area contributed by atoms with E-state index < -0.39 is 28.1 Å². The van der Waals surface area contributed by atoms with Gasteiger partial charge in [0.1, 0.15) is 11.8 Å². The van der Waals surface area contributed by atoms with E-state index in [1.54, 1.807) is 22.8 Å². The Hall–Kier alpha value is -2.10. The van der Waals surface area contributed by atoms with E-state index in [-0.39, 0.29) is 0 Å². The number of aryl methyl sites for hydroxylation is 1. The minimum atomic E-state index is -3.65. The summed E-state index contributed by atoms with van der Waals surface area (Å²) in [6.45, 7) is 0.559. The molecule has 0 aliphatic carbocycles. The van der Waals surface area contributed by atoms with Crippen LogP contribution >= 0.6 is 11.6 Å². The highest BCUT2D eigenvalue weighted by Gasteiger charge is 2.27.